The highest BCUT2D eigenvalue weighted by Gasteiger charge is 2.33. The lowest BCUT2D eigenvalue weighted by Gasteiger charge is -2.31. The van der Waals surface area contributed by atoms with Gasteiger partial charge < -0.3 is 10.6 Å². The Balaban J connectivity index is 1.53. The summed E-state index contributed by atoms with van der Waals surface area (Å²) in [7, 11) is -3.57. The fourth-order valence-electron chi connectivity index (χ4n) is 3.81. The van der Waals surface area contributed by atoms with Gasteiger partial charge in [0.05, 0.1) is 4.90 Å². The molecule has 3 rings (SSSR count). The molecule has 0 aliphatic carbocycles. The van der Waals surface area contributed by atoms with E-state index < -0.39 is 16.1 Å². The van der Waals surface area contributed by atoms with E-state index in [9.17, 15) is 18.0 Å². The van der Waals surface area contributed by atoms with Crippen LogP contribution in [0.4, 0.5) is 5.69 Å². The number of nitrogens with zero attached hydrogens (tertiary/aromatic N) is 1. The predicted molar refractivity (Wildman–Crippen MR) is 125 cm³/mol. The van der Waals surface area contributed by atoms with Gasteiger partial charge in [0.1, 0.15) is 6.04 Å². The Morgan fingerprint density at radius 2 is 1.69 bits per heavy atom. The van der Waals surface area contributed by atoms with Crippen LogP contribution in [0, 0.1) is 12.8 Å². The van der Waals surface area contributed by atoms with Crippen molar-refractivity contribution >= 4 is 27.5 Å². The molecule has 172 valence electrons. The Bertz CT molecular complexity index is 1060. The van der Waals surface area contributed by atoms with Gasteiger partial charge >= 0.3 is 0 Å². The summed E-state index contributed by atoms with van der Waals surface area (Å²) >= 11 is 0. The van der Waals surface area contributed by atoms with Gasteiger partial charge in [0.15, 0.2) is 0 Å². The average Bonchev–Trinajstić information content (AvgIpc) is 2.79. The fourth-order valence-corrected chi connectivity index (χ4v) is 5.28. The largest absolute Gasteiger partial charge is 0.344 e. The first-order chi connectivity index (χ1) is 15.2. The number of benzene rings is 2. The highest BCUT2D eigenvalue weighted by molar-refractivity contribution is 7.89. The fraction of sp³-hybridized carbons (Fsp3) is 0.417. The lowest BCUT2D eigenvalue weighted by Crippen LogP contribution is -2.47. The molecule has 0 bridgehead atoms. The molecule has 1 aliphatic heterocycles. The van der Waals surface area contributed by atoms with Crippen LogP contribution in [0.3, 0.4) is 0 Å². The summed E-state index contributed by atoms with van der Waals surface area (Å²) in [6, 6.07) is 13.7. The molecule has 1 heterocycles. The van der Waals surface area contributed by atoms with Crippen molar-refractivity contribution in [2.45, 2.75) is 51.0 Å². The number of carbonyl (C=O) groups excluding carboxylic acids is 2. The number of sulfonamides is 1. The van der Waals surface area contributed by atoms with Crippen LogP contribution in [0.2, 0.25) is 0 Å². The van der Waals surface area contributed by atoms with Crippen LogP contribution in [-0.2, 0) is 26.0 Å². The van der Waals surface area contributed by atoms with E-state index in [0.29, 0.717) is 12.8 Å². The van der Waals surface area contributed by atoms with Crippen molar-refractivity contribution in [1.82, 2.24) is 9.62 Å². The van der Waals surface area contributed by atoms with Crippen LogP contribution in [-0.4, -0.2) is 43.7 Å². The van der Waals surface area contributed by atoms with Gasteiger partial charge in [-0.2, -0.15) is 4.31 Å². The van der Waals surface area contributed by atoms with E-state index >= 15 is 0 Å². The molecule has 1 atom stereocenters. The van der Waals surface area contributed by atoms with Gasteiger partial charge in [-0.25, -0.2) is 8.42 Å². The van der Waals surface area contributed by atoms with E-state index in [1.54, 1.807) is 31.2 Å². The highest BCUT2D eigenvalue weighted by atomic mass is 32.2. The number of para-hydroxylation sites is 1. The third kappa shape index (κ3) is 5.55. The molecule has 0 radical (unpaired) electrons. The molecule has 1 saturated heterocycles. The summed E-state index contributed by atoms with van der Waals surface area (Å²) in [5.41, 5.74) is 2.77. The molecule has 2 N–H and O–H groups in total. The van der Waals surface area contributed by atoms with Crippen LogP contribution >= 0.6 is 0 Å². The number of rotatable bonds is 7. The van der Waals surface area contributed by atoms with Gasteiger partial charge in [-0.1, -0.05) is 42.8 Å². The van der Waals surface area contributed by atoms with Gasteiger partial charge in [0.25, 0.3) is 0 Å². The molecule has 0 saturated carbocycles. The molecule has 2 aromatic carbocycles. The molecule has 8 heteroatoms. The summed E-state index contributed by atoms with van der Waals surface area (Å²) in [6.07, 6.45) is 1.63. The minimum absolute atomic E-state index is 0.219. The van der Waals surface area contributed by atoms with Gasteiger partial charge in [-0.3, -0.25) is 9.59 Å². The summed E-state index contributed by atoms with van der Waals surface area (Å²) < 4.78 is 27.1. The zero-order chi connectivity index (χ0) is 23.3. The standard InChI is InChI=1S/C24H31N3O4S/c1-4-19-7-5-6-8-22(19)26-23(28)18(3)25-24(29)20-13-15-27(16-14-20)32(30,31)21-11-9-17(2)10-12-21/h5-12,18,20H,4,13-16H2,1-3H3,(H,25,29)(H,26,28)/t18-/m0/s1. The van der Waals surface area contributed by atoms with Crippen LogP contribution in [0.1, 0.15) is 37.8 Å². The van der Waals surface area contributed by atoms with Crippen molar-refractivity contribution in [3.05, 3.63) is 59.7 Å². The smallest absolute Gasteiger partial charge is 0.246 e. The van der Waals surface area contributed by atoms with Gasteiger partial charge in [0, 0.05) is 24.7 Å². The zero-order valence-electron chi connectivity index (χ0n) is 18.8. The van der Waals surface area contributed by atoms with E-state index in [1.807, 2.05) is 38.1 Å². The van der Waals surface area contributed by atoms with Crippen molar-refractivity contribution in [3.8, 4) is 0 Å². The minimum atomic E-state index is -3.57. The maximum atomic E-state index is 12.8. The summed E-state index contributed by atoms with van der Waals surface area (Å²) in [4.78, 5) is 25.5. The van der Waals surface area contributed by atoms with E-state index in [0.717, 1.165) is 23.2 Å². The second-order valence-electron chi connectivity index (χ2n) is 8.22. The average molecular weight is 458 g/mol. The van der Waals surface area contributed by atoms with E-state index in [4.69, 9.17) is 0 Å². The van der Waals surface area contributed by atoms with Crippen molar-refractivity contribution in [2.24, 2.45) is 5.92 Å². The lowest BCUT2D eigenvalue weighted by atomic mass is 9.97. The summed E-state index contributed by atoms with van der Waals surface area (Å²) in [6.45, 7) is 6.13. The number of amides is 2. The van der Waals surface area contributed by atoms with Crippen molar-refractivity contribution in [1.29, 1.82) is 0 Å². The Morgan fingerprint density at radius 1 is 1.06 bits per heavy atom. The van der Waals surface area contributed by atoms with E-state index in [-0.39, 0.29) is 35.7 Å². The third-order valence-electron chi connectivity index (χ3n) is 5.89. The predicted octanol–water partition coefficient (Wildman–Crippen LogP) is 3.10. The number of hydrogen-bond donors (Lipinski definition) is 2. The van der Waals surface area contributed by atoms with Crippen molar-refractivity contribution in [3.63, 3.8) is 0 Å². The first-order valence-corrected chi connectivity index (χ1v) is 12.4. The Hall–Kier alpha value is -2.71. The highest BCUT2D eigenvalue weighted by Crippen LogP contribution is 2.24. The monoisotopic (exact) mass is 457 g/mol. The van der Waals surface area contributed by atoms with Crippen LogP contribution in [0.15, 0.2) is 53.4 Å². The molecule has 1 aliphatic rings. The SMILES string of the molecule is CCc1ccccc1NC(=O)[C@H](C)NC(=O)C1CCN(S(=O)(=O)c2ccc(C)cc2)CC1. The normalized spacial score (nSPS) is 16.3. The van der Waals surface area contributed by atoms with Gasteiger partial charge in [-0.05, 0) is 56.9 Å². The third-order valence-corrected chi connectivity index (χ3v) is 7.80. The first kappa shape index (κ1) is 23.9. The Kier molecular flexibility index (Phi) is 7.69. The number of carbonyl (C=O) groups is 2. The van der Waals surface area contributed by atoms with E-state index in [2.05, 4.69) is 10.6 Å². The first-order valence-electron chi connectivity index (χ1n) is 11.0. The molecular weight excluding hydrogens is 426 g/mol. The molecule has 1 fully saturated rings. The molecule has 0 spiro atoms. The lowest BCUT2D eigenvalue weighted by molar-refractivity contribution is -0.129. The maximum absolute atomic E-state index is 12.8. The number of aryl methyl sites for hydroxylation is 2. The molecule has 32 heavy (non-hydrogen) atoms. The van der Waals surface area contributed by atoms with Crippen LogP contribution in [0.25, 0.3) is 0 Å². The molecule has 0 unspecified atom stereocenters. The quantitative estimate of drug-likeness (QED) is 0.668. The summed E-state index contributed by atoms with van der Waals surface area (Å²) in [5, 5.41) is 5.66. The summed E-state index contributed by atoms with van der Waals surface area (Å²) in [5.74, 6) is -0.819. The van der Waals surface area contributed by atoms with E-state index in [1.165, 1.54) is 4.31 Å². The number of piperidine rings is 1. The zero-order valence-corrected chi connectivity index (χ0v) is 19.6. The number of anilines is 1. The number of hydrogen-bond acceptors (Lipinski definition) is 4. The Morgan fingerprint density at radius 3 is 2.31 bits per heavy atom. The van der Waals surface area contributed by atoms with Crippen molar-refractivity contribution in [2.75, 3.05) is 18.4 Å². The van der Waals surface area contributed by atoms with Crippen LogP contribution in [0.5, 0.6) is 0 Å². The topological polar surface area (TPSA) is 95.6 Å². The van der Waals surface area contributed by atoms with Gasteiger partial charge in [0.2, 0.25) is 21.8 Å². The number of nitrogens with one attached hydrogen (secondary N) is 2. The molecule has 2 amide bonds. The van der Waals surface area contributed by atoms with Crippen molar-refractivity contribution < 1.29 is 18.0 Å². The Labute approximate surface area is 190 Å². The molecular formula is C24H31N3O4S. The second-order valence-corrected chi connectivity index (χ2v) is 10.2. The van der Waals surface area contributed by atoms with Gasteiger partial charge in [-0.15, -0.1) is 0 Å². The second kappa shape index (κ2) is 10.3. The molecule has 7 nitrogen and oxygen atoms in total. The van der Waals surface area contributed by atoms with Crippen LogP contribution < -0.4 is 10.6 Å². The maximum Gasteiger partial charge on any atom is 0.246 e. The molecule has 2 aromatic rings. The minimum Gasteiger partial charge on any atom is -0.344 e. The molecule has 0 aromatic heterocycles.